The van der Waals surface area contributed by atoms with E-state index in [-0.39, 0.29) is 17.0 Å². The molecular weight excluding hydrogens is 407 g/mol. The van der Waals surface area contributed by atoms with Crippen molar-refractivity contribution in [1.29, 1.82) is 0 Å². The highest BCUT2D eigenvalue weighted by Gasteiger charge is 2.45. The Balaban J connectivity index is 1.75. The van der Waals surface area contributed by atoms with E-state index in [4.69, 9.17) is 24.8 Å². The van der Waals surface area contributed by atoms with Gasteiger partial charge in [0.2, 0.25) is 0 Å². The zero-order valence-corrected chi connectivity index (χ0v) is 14.6. The van der Waals surface area contributed by atoms with E-state index in [1.165, 1.54) is 17.2 Å². The highest BCUT2D eigenvalue weighted by Crippen LogP contribution is 2.57. The fourth-order valence-corrected chi connectivity index (χ4v) is 3.55. The third kappa shape index (κ3) is 4.37. The van der Waals surface area contributed by atoms with Crippen LogP contribution in [-0.4, -0.2) is 72.0 Å². The lowest BCUT2D eigenvalue weighted by molar-refractivity contribution is -0.0479. The second-order valence-corrected chi connectivity index (χ2v) is 7.56. The number of nitrogens with two attached hydrogens (primary N) is 1. The van der Waals surface area contributed by atoms with E-state index in [2.05, 4.69) is 19.3 Å². The van der Waals surface area contributed by atoms with Gasteiger partial charge in [0, 0.05) is 0 Å². The van der Waals surface area contributed by atoms with Crippen LogP contribution in [0.5, 0.6) is 0 Å². The molecule has 0 bridgehead atoms. The van der Waals surface area contributed by atoms with E-state index in [0.717, 1.165) is 0 Å². The minimum atomic E-state index is -4.98. The average molecular weight is 424 g/mol. The molecule has 3 rings (SSSR count). The number of ether oxygens (including phenoxy) is 1. The van der Waals surface area contributed by atoms with Gasteiger partial charge < -0.3 is 39.6 Å². The highest BCUT2D eigenvalue weighted by molar-refractivity contribution is 7.83. The Labute approximate surface area is 152 Å². The minimum Gasteiger partial charge on any atom is -0.387 e. The molecule has 3 heterocycles. The standard InChI is InChI=1S/C10H17BN5O9P2/c11-26(19,25-27(20,21)22)23-1-4-6(17)7(18)10(24-4)16-3-15-5-8(12)13-2-14-9(5)16/h2-4,6-7,10,17-18H,1H2,11H3,(H2,12,13,14)(H2,20,21,22)/q-1/t4-,6-,7-,10-,26-/m1/s1. The van der Waals surface area contributed by atoms with Crippen LogP contribution in [0.1, 0.15) is 6.23 Å². The molecule has 0 aliphatic carbocycles. The SMILES string of the molecule is [BH3-][P@@](=O)(OC[C@H]1O[C@@H](n2cnc3c(N)ncnc32)[C@H](O)[C@@H]1O)OP(=O)(O)O. The van der Waals surface area contributed by atoms with Crippen molar-refractivity contribution in [3.05, 3.63) is 12.7 Å². The Kier molecular flexibility index (Phi) is 5.43. The number of aliphatic hydroxyl groups excluding tert-OH is 2. The van der Waals surface area contributed by atoms with Gasteiger partial charge in [-0.3, -0.25) is 4.57 Å². The van der Waals surface area contributed by atoms with E-state index in [9.17, 15) is 19.3 Å². The number of rotatable bonds is 6. The molecule has 0 radical (unpaired) electrons. The molecule has 2 aromatic rings. The molecule has 0 amide bonds. The van der Waals surface area contributed by atoms with Gasteiger partial charge in [-0.05, 0) is 0 Å². The molecule has 1 fully saturated rings. The second kappa shape index (κ2) is 7.20. The Morgan fingerprint density at radius 1 is 1.26 bits per heavy atom. The summed E-state index contributed by atoms with van der Waals surface area (Å²) in [6.07, 6.45) is -2.55. The topological polar surface area (TPSA) is 212 Å². The largest absolute Gasteiger partial charge is 0.474 e. The minimum absolute atomic E-state index is 0.127. The Morgan fingerprint density at radius 3 is 2.63 bits per heavy atom. The lowest BCUT2D eigenvalue weighted by Gasteiger charge is -2.22. The summed E-state index contributed by atoms with van der Waals surface area (Å²) in [4.78, 5) is 29.4. The van der Waals surface area contributed by atoms with E-state index < -0.39 is 54.0 Å². The predicted octanol–water partition coefficient (Wildman–Crippen LogP) is -2.37. The van der Waals surface area contributed by atoms with Crippen LogP contribution in [0, 0.1) is 0 Å². The van der Waals surface area contributed by atoms with E-state index in [1.807, 2.05) is 0 Å². The van der Waals surface area contributed by atoms with Crippen molar-refractivity contribution in [3.63, 3.8) is 0 Å². The number of hydrogen-bond donors (Lipinski definition) is 5. The summed E-state index contributed by atoms with van der Waals surface area (Å²) >= 11 is 0. The molecule has 2 aromatic heterocycles. The number of phosphoric acid groups is 1. The average Bonchev–Trinajstić information content (AvgIpc) is 3.07. The number of imidazole rings is 1. The molecule has 17 heteroatoms. The fraction of sp³-hybridized carbons (Fsp3) is 0.500. The van der Waals surface area contributed by atoms with Crippen molar-refractivity contribution >= 4 is 39.8 Å². The third-order valence-electron chi connectivity index (χ3n) is 3.52. The Bertz CT molecular complexity index is 937. The van der Waals surface area contributed by atoms with Crippen molar-refractivity contribution in [3.8, 4) is 0 Å². The van der Waals surface area contributed by atoms with Crippen molar-refractivity contribution in [1.82, 2.24) is 19.5 Å². The normalized spacial score (nSPS) is 28.5. The molecule has 1 saturated heterocycles. The molecule has 0 spiro atoms. The van der Waals surface area contributed by atoms with Crippen LogP contribution in [0.2, 0.25) is 0 Å². The lowest BCUT2D eigenvalue weighted by Crippen LogP contribution is -2.33. The maximum absolute atomic E-state index is 12.0. The maximum atomic E-state index is 12.0. The van der Waals surface area contributed by atoms with E-state index in [1.54, 1.807) is 0 Å². The molecule has 0 unspecified atom stereocenters. The Morgan fingerprint density at radius 2 is 1.96 bits per heavy atom. The molecule has 5 atom stereocenters. The summed E-state index contributed by atoms with van der Waals surface area (Å²) in [7, 11) is -10.1. The molecular formula is C10H17BN5O9P2-. The summed E-state index contributed by atoms with van der Waals surface area (Å²) in [5.74, 6) is 0.127. The summed E-state index contributed by atoms with van der Waals surface area (Å²) in [5, 5.41) is 20.5. The van der Waals surface area contributed by atoms with Gasteiger partial charge in [0.15, 0.2) is 25.2 Å². The molecule has 150 valence electrons. The Hall–Kier alpha value is -1.41. The molecule has 0 aromatic carbocycles. The summed E-state index contributed by atoms with van der Waals surface area (Å²) in [6, 6.07) is 0. The molecule has 1 aliphatic rings. The van der Waals surface area contributed by atoms with Crippen LogP contribution >= 0.6 is 15.3 Å². The summed E-state index contributed by atoms with van der Waals surface area (Å²) in [5.41, 5.74) is 6.25. The number of hydrogen-bond acceptors (Lipinski definition) is 11. The van der Waals surface area contributed by atoms with Crippen LogP contribution < -0.4 is 5.73 Å². The molecule has 14 nitrogen and oxygen atoms in total. The first-order valence-electron chi connectivity index (χ1n) is 6.97. The summed E-state index contributed by atoms with van der Waals surface area (Å²) < 4.78 is 38.9. The molecule has 1 aliphatic heterocycles. The van der Waals surface area contributed by atoms with Gasteiger partial charge in [-0.25, -0.2) is 23.8 Å². The zero-order chi connectivity index (χ0) is 20.0. The maximum Gasteiger partial charge on any atom is 0.474 e. The number of aromatic nitrogens is 4. The fourth-order valence-electron chi connectivity index (χ4n) is 2.40. The van der Waals surface area contributed by atoms with Crippen molar-refractivity contribution in [2.75, 3.05) is 12.3 Å². The van der Waals surface area contributed by atoms with Crippen molar-refractivity contribution < 1.29 is 42.7 Å². The predicted molar refractivity (Wildman–Crippen MR) is 92.3 cm³/mol. The van der Waals surface area contributed by atoms with Gasteiger partial charge in [-0.2, -0.15) is 0 Å². The molecule has 6 N–H and O–H groups in total. The van der Waals surface area contributed by atoms with Crippen LogP contribution in [0.15, 0.2) is 12.7 Å². The van der Waals surface area contributed by atoms with Crippen molar-refractivity contribution in [2.24, 2.45) is 0 Å². The first-order valence-corrected chi connectivity index (χ1v) is 9.60. The van der Waals surface area contributed by atoms with Gasteiger partial charge in [0.25, 0.3) is 0 Å². The number of nitrogen functional groups attached to an aromatic ring is 1. The van der Waals surface area contributed by atoms with Gasteiger partial charge >= 0.3 is 7.82 Å². The monoisotopic (exact) mass is 424 g/mol. The summed E-state index contributed by atoms with van der Waals surface area (Å²) in [6.45, 7) is -0.501. The van der Waals surface area contributed by atoms with Gasteiger partial charge in [-0.1, -0.05) is 0 Å². The number of anilines is 1. The van der Waals surface area contributed by atoms with Crippen LogP contribution in [0.25, 0.3) is 11.2 Å². The van der Waals surface area contributed by atoms with Crippen molar-refractivity contribution in [2.45, 2.75) is 24.5 Å². The number of aliphatic hydroxyl groups is 2. The lowest BCUT2D eigenvalue weighted by atomic mass is 10.1. The smallest absolute Gasteiger partial charge is 0.387 e. The second-order valence-electron chi connectivity index (χ2n) is 5.22. The highest BCUT2D eigenvalue weighted by atomic mass is 31.3. The number of fused-ring (bicyclic) bond motifs is 1. The first kappa shape index (κ1) is 20.3. The van der Waals surface area contributed by atoms with Gasteiger partial charge in [0.1, 0.15) is 30.2 Å². The van der Waals surface area contributed by atoms with E-state index in [0.29, 0.717) is 0 Å². The third-order valence-corrected chi connectivity index (χ3v) is 5.26. The van der Waals surface area contributed by atoms with Gasteiger partial charge in [0.05, 0.1) is 20.5 Å². The quantitative estimate of drug-likeness (QED) is 0.243. The zero-order valence-electron chi connectivity index (χ0n) is 12.8. The first-order chi connectivity index (χ1) is 12.5. The van der Waals surface area contributed by atoms with Crippen LogP contribution in [0.3, 0.4) is 0 Å². The van der Waals surface area contributed by atoms with Crippen LogP contribution in [-0.2, 0) is 22.7 Å². The van der Waals surface area contributed by atoms with Gasteiger partial charge in [-0.15, -0.1) is 0 Å². The number of nitrogens with zero attached hydrogens (tertiary/aromatic N) is 4. The van der Waals surface area contributed by atoms with Crippen LogP contribution in [0.4, 0.5) is 5.82 Å². The molecule has 0 saturated carbocycles. The van der Waals surface area contributed by atoms with E-state index >= 15 is 0 Å². The molecule has 27 heavy (non-hydrogen) atoms.